The van der Waals surface area contributed by atoms with Crippen molar-refractivity contribution in [2.24, 2.45) is 0 Å². The lowest BCUT2D eigenvalue weighted by Gasteiger charge is -2.33. The van der Waals surface area contributed by atoms with Crippen LogP contribution < -0.4 is 10.1 Å². The maximum Gasteiger partial charge on any atom is 0.246 e. The minimum Gasteiger partial charge on any atom is -0.497 e. The number of amides is 1. The van der Waals surface area contributed by atoms with E-state index in [-0.39, 0.29) is 18.6 Å². The number of nitrogens with zero attached hydrogens (tertiary/aromatic N) is 1. The Morgan fingerprint density at radius 1 is 1.15 bits per heavy atom. The minimum absolute atomic E-state index is 0.0352. The molecule has 1 aliphatic heterocycles. The molecule has 1 saturated heterocycles. The molecule has 3 rings (SSSR count). The van der Waals surface area contributed by atoms with E-state index in [1.54, 1.807) is 14.2 Å². The van der Waals surface area contributed by atoms with Crippen LogP contribution in [0.1, 0.15) is 18.4 Å². The standard InChI is InChI=1S/C22H28N2O3/c1-26-16-22(25)23-20-6-4-12-24(15-20)14-17-8-10-18(11-9-17)19-5-3-7-21(13-19)27-2/h3,5,7-11,13,20H,4,6,12,14-16H2,1-2H3,(H,23,25). The van der Waals surface area contributed by atoms with Gasteiger partial charge in [-0.1, -0.05) is 36.4 Å². The van der Waals surface area contributed by atoms with Crippen molar-refractivity contribution in [1.29, 1.82) is 0 Å². The second-order valence-corrected chi connectivity index (χ2v) is 7.00. The molecular formula is C22H28N2O3. The molecule has 0 aliphatic carbocycles. The number of likely N-dealkylation sites (tertiary alicyclic amines) is 1. The molecule has 144 valence electrons. The van der Waals surface area contributed by atoms with Crippen LogP contribution in [-0.2, 0) is 16.1 Å². The van der Waals surface area contributed by atoms with Crippen molar-refractivity contribution in [3.8, 4) is 16.9 Å². The molecule has 1 N–H and O–H groups in total. The Hall–Kier alpha value is -2.37. The number of carbonyl (C=O) groups is 1. The van der Waals surface area contributed by atoms with Crippen LogP contribution in [0, 0.1) is 0 Å². The summed E-state index contributed by atoms with van der Waals surface area (Å²) in [6.45, 7) is 2.97. The van der Waals surface area contributed by atoms with E-state index in [9.17, 15) is 4.79 Å². The summed E-state index contributed by atoms with van der Waals surface area (Å²) < 4.78 is 10.2. The van der Waals surface area contributed by atoms with Crippen LogP contribution in [0.25, 0.3) is 11.1 Å². The number of carbonyl (C=O) groups excluding carboxylic acids is 1. The fraction of sp³-hybridized carbons (Fsp3) is 0.409. The van der Waals surface area contributed by atoms with Crippen LogP contribution in [0.4, 0.5) is 0 Å². The zero-order valence-electron chi connectivity index (χ0n) is 16.1. The second-order valence-electron chi connectivity index (χ2n) is 7.00. The Bertz CT molecular complexity index is 745. The van der Waals surface area contributed by atoms with Crippen molar-refractivity contribution in [2.45, 2.75) is 25.4 Å². The normalized spacial score (nSPS) is 17.5. The van der Waals surface area contributed by atoms with E-state index in [4.69, 9.17) is 9.47 Å². The number of piperidine rings is 1. The Balaban J connectivity index is 1.58. The van der Waals surface area contributed by atoms with Gasteiger partial charge in [0.2, 0.25) is 5.91 Å². The molecule has 27 heavy (non-hydrogen) atoms. The van der Waals surface area contributed by atoms with Crippen LogP contribution in [0.3, 0.4) is 0 Å². The first-order valence-corrected chi connectivity index (χ1v) is 9.42. The number of nitrogens with one attached hydrogen (secondary N) is 1. The average Bonchev–Trinajstić information content (AvgIpc) is 2.69. The molecule has 1 atom stereocenters. The highest BCUT2D eigenvalue weighted by Crippen LogP contribution is 2.24. The number of methoxy groups -OCH3 is 2. The lowest BCUT2D eigenvalue weighted by molar-refractivity contribution is -0.125. The zero-order chi connectivity index (χ0) is 19.1. The van der Waals surface area contributed by atoms with Gasteiger partial charge in [-0.25, -0.2) is 0 Å². The molecular weight excluding hydrogens is 340 g/mol. The molecule has 5 heteroatoms. The fourth-order valence-corrected chi connectivity index (χ4v) is 3.58. The summed E-state index contributed by atoms with van der Waals surface area (Å²) >= 11 is 0. The van der Waals surface area contributed by atoms with Gasteiger partial charge in [0.05, 0.1) is 7.11 Å². The van der Waals surface area contributed by atoms with Crippen molar-refractivity contribution in [3.63, 3.8) is 0 Å². The first-order valence-electron chi connectivity index (χ1n) is 9.42. The van der Waals surface area contributed by atoms with Crippen LogP contribution in [0.2, 0.25) is 0 Å². The molecule has 1 fully saturated rings. The molecule has 2 aromatic rings. The summed E-state index contributed by atoms with van der Waals surface area (Å²) in [6, 6.07) is 17.0. The van der Waals surface area contributed by atoms with Crippen LogP contribution in [-0.4, -0.2) is 50.8 Å². The van der Waals surface area contributed by atoms with E-state index in [2.05, 4.69) is 40.5 Å². The molecule has 0 radical (unpaired) electrons. The van der Waals surface area contributed by atoms with Crippen LogP contribution >= 0.6 is 0 Å². The number of rotatable bonds is 7. The molecule has 1 heterocycles. The molecule has 0 spiro atoms. The highest BCUT2D eigenvalue weighted by Gasteiger charge is 2.21. The van der Waals surface area contributed by atoms with Gasteiger partial charge in [-0.15, -0.1) is 0 Å². The Kier molecular flexibility index (Phi) is 6.85. The van der Waals surface area contributed by atoms with Crippen molar-refractivity contribution in [2.75, 3.05) is 33.9 Å². The lowest BCUT2D eigenvalue weighted by Crippen LogP contribution is -2.48. The van der Waals surface area contributed by atoms with E-state index in [1.807, 2.05) is 18.2 Å². The SMILES string of the molecule is COCC(=O)NC1CCCN(Cc2ccc(-c3cccc(OC)c3)cc2)C1. The first-order chi connectivity index (χ1) is 13.2. The number of hydrogen-bond acceptors (Lipinski definition) is 4. The summed E-state index contributed by atoms with van der Waals surface area (Å²) in [5.41, 5.74) is 3.62. The monoisotopic (exact) mass is 368 g/mol. The number of ether oxygens (including phenoxy) is 2. The Morgan fingerprint density at radius 3 is 2.70 bits per heavy atom. The van der Waals surface area contributed by atoms with Crippen molar-refractivity contribution >= 4 is 5.91 Å². The third kappa shape index (κ3) is 5.55. The molecule has 0 aromatic heterocycles. The Labute approximate surface area is 161 Å². The zero-order valence-corrected chi connectivity index (χ0v) is 16.1. The van der Waals surface area contributed by atoms with Crippen molar-refractivity contribution < 1.29 is 14.3 Å². The van der Waals surface area contributed by atoms with Crippen LogP contribution in [0.15, 0.2) is 48.5 Å². The summed E-state index contributed by atoms with van der Waals surface area (Å²) in [5, 5.41) is 3.06. The van der Waals surface area contributed by atoms with Gasteiger partial charge in [0, 0.05) is 26.2 Å². The maximum atomic E-state index is 11.7. The highest BCUT2D eigenvalue weighted by atomic mass is 16.5. The quantitative estimate of drug-likeness (QED) is 0.816. The first kappa shape index (κ1) is 19.4. The lowest BCUT2D eigenvalue weighted by atomic mass is 10.0. The van der Waals surface area contributed by atoms with Crippen LogP contribution in [0.5, 0.6) is 5.75 Å². The predicted molar refractivity (Wildman–Crippen MR) is 107 cm³/mol. The van der Waals surface area contributed by atoms with Gasteiger partial charge in [-0.3, -0.25) is 9.69 Å². The largest absolute Gasteiger partial charge is 0.497 e. The molecule has 0 saturated carbocycles. The third-order valence-corrected chi connectivity index (χ3v) is 4.91. The predicted octanol–water partition coefficient (Wildman–Crippen LogP) is 3.09. The summed E-state index contributed by atoms with van der Waals surface area (Å²) in [4.78, 5) is 14.1. The minimum atomic E-state index is -0.0352. The van der Waals surface area contributed by atoms with E-state index >= 15 is 0 Å². The topological polar surface area (TPSA) is 50.8 Å². The van der Waals surface area contributed by atoms with E-state index < -0.39 is 0 Å². The molecule has 5 nitrogen and oxygen atoms in total. The van der Waals surface area contributed by atoms with Gasteiger partial charge in [0.25, 0.3) is 0 Å². The number of hydrogen-bond donors (Lipinski definition) is 1. The number of benzene rings is 2. The molecule has 2 aromatic carbocycles. The second kappa shape index (κ2) is 9.53. The van der Waals surface area contributed by atoms with Gasteiger partial charge in [-0.05, 0) is 48.2 Å². The van der Waals surface area contributed by atoms with Gasteiger partial charge in [0.15, 0.2) is 0 Å². The highest BCUT2D eigenvalue weighted by molar-refractivity contribution is 5.77. The van der Waals surface area contributed by atoms with Gasteiger partial charge in [-0.2, -0.15) is 0 Å². The fourth-order valence-electron chi connectivity index (χ4n) is 3.58. The van der Waals surface area contributed by atoms with Crippen molar-refractivity contribution in [3.05, 3.63) is 54.1 Å². The van der Waals surface area contributed by atoms with E-state index in [0.29, 0.717) is 0 Å². The van der Waals surface area contributed by atoms with Gasteiger partial charge < -0.3 is 14.8 Å². The molecule has 0 bridgehead atoms. The van der Waals surface area contributed by atoms with E-state index in [0.717, 1.165) is 43.8 Å². The third-order valence-electron chi connectivity index (χ3n) is 4.91. The van der Waals surface area contributed by atoms with Gasteiger partial charge >= 0.3 is 0 Å². The summed E-state index contributed by atoms with van der Waals surface area (Å²) in [5.74, 6) is 0.832. The van der Waals surface area contributed by atoms with Crippen molar-refractivity contribution in [1.82, 2.24) is 10.2 Å². The smallest absolute Gasteiger partial charge is 0.246 e. The molecule has 1 unspecified atom stereocenters. The molecule has 1 aliphatic rings. The Morgan fingerprint density at radius 2 is 1.96 bits per heavy atom. The summed E-state index contributed by atoms with van der Waals surface area (Å²) in [6.07, 6.45) is 2.13. The summed E-state index contributed by atoms with van der Waals surface area (Å²) in [7, 11) is 3.23. The average molecular weight is 368 g/mol. The van der Waals surface area contributed by atoms with Gasteiger partial charge in [0.1, 0.15) is 12.4 Å². The van der Waals surface area contributed by atoms with E-state index in [1.165, 1.54) is 11.1 Å². The maximum absolute atomic E-state index is 11.7. The molecule has 1 amide bonds.